The van der Waals surface area contributed by atoms with Gasteiger partial charge in [0.1, 0.15) is 13.2 Å². The Morgan fingerprint density at radius 1 is 0.793 bits per heavy atom. The molecule has 2 amide bonds. The first-order chi connectivity index (χ1) is 13.5. The molecule has 0 aromatic heterocycles. The molecular weight excluding hydrogens is 372 g/mol. The standard InChI is InChI=1S/C22H40N2O5/c1-9-28-17-11-15(21(17,3)4)23(7)19(25)13-27-14-20(26)24(8)16-12-18(29-10-2)22(16,5)6/h15-18H,9-14H2,1-8H3. The van der Waals surface area contributed by atoms with Crippen LogP contribution in [0.25, 0.3) is 0 Å². The van der Waals surface area contributed by atoms with Gasteiger partial charge in [0.05, 0.1) is 12.2 Å². The van der Waals surface area contributed by atoms with Crippen molar-refractivity contribution in [2.45, 2.75) is 78.7 Å². The maximum absolute atomic E-state index is 12.5. The lowest BCUT2D eigenvalue weighted by atomic mass is 9.64. The van der Waals surface area contributed by atoms with Crippen molar-refractivity contribution in [1.29, 1.82) is 0 Å². The van der Waals surface area contributed by atoms with Gasteiger partial charge in [0.15, 0.2) is 0 Å². The molecule has 2 aliphatic carbocycles. The molecule has 2 aliphatic rings. The number of nitrogens with zero attached hydrogens (tertiary/aromatic N) is 2. The Morgan fingerprint density at radius 2 is 1.14 bits per heavy atom. The summed E-state index contributed by atoms with van der Waals surface area (Å²) in [4.78, 5) is 28.5. The molecule has 2 rings (SSSR count). The highest BCUT2D eigenvalue weighted by molar-refractivity contribution is 5.80. The van der Waals surface area contributed by atoms with E-state index in [9.17, 15) is 9.59 Å². The molecule has 7 heteroatoms. The average molecular weight is 413 g/mol. The number of amides is 2. The van der Waals surface area contributed by atoms with Crippen molar-refractivity contribution < 1.29 is 23.8 Å². The van der Waals surface area contributed by atoms with E-state index in [-0.39, 0.29) is 60.1 Å². The van der Waals surface area contributed by atoms with Crippen molar-refractivity contribution in [3.8, 4) is 0 Å². The van der Waals surface area contributed by atoms with Gasteiger partial charge >= 0.3 is 0 Å². The second kappa shape index (κ2) is 9.31. The van der Waals surface area contributed by atoms with Crippen molar-refractivity contribution in [2.75, 3.05) is 40.5 Å². The summed E-state index contributed by atoms with van der Waals surface area (Å²) in [6.07, 6.45) is 2.02. The van der Waals surface area contributed by atoms with E-state index in [4.69, 9.17) is 14.2 Å². The summed E-state index contributed by atoms with van der Waals surface area (Å²) >= 11 is 0. The number of hydrogen-bond donors (Lipinski definition) is 0. The molecule has 0 aliphatic heterocycles. The van der Waals surface area contributed by atoms with E-state index in [1.165, 1.54) is 0 Å². The molecule has 0 bridgehead atoms. The van der Waals surface area contributed by atoms with Gasteiger partial charge < -0.3 is 24.0 Å². The molecule has 2 fully saturated rings. The van der Waals surface area contributed by atoms with Crippen LogP contribution in [0, 0.1) is 10.8 Å². The van der Waals surface area contributed by atoms with Crippen LogP contribution in [0.5, 0.6) is 0 Å². The van der Waals surface area contributed by atoms with Gasteiger partial charge in [0, 0.05) is 50.2 Å². The summed E-state index contributed by atoms with van der Waals surface area (Å²) in [5.41, 5.74) is -0.160. The maximum Gasteiger partial charge on any atom is 0.248 e. The van der Waals surface area contributed by atoms with Gasteiger partial charge in [0.2, 0.25) is 11.8 Å². The third kappa shape index (κ3) is 4.78. The second-order valence-corrected chi connectivity index (χ2v) is 9.54. The van der Waals surface area contributed by atoms with Gasteiger partial charge in [-0.05, 0) is 26.7 Å². The van der Waals surface area contributed by atoms with E-state index >= 15 is 0 Å². The highest BCUT2D eigenvalue weighted by Crippen LogP contribution is 2.46. The average Bonchev–Trinajstić information content (AvgIpc) is 2.66. The van der Waals surface area contributed by atoms with Crippen molar-refractivity contribution in [2.24, 2.45) is 10.8 Å². The summed E-state index contributed by atoms with van der Waals surface area (Å²) in [7, 11) is 3.61. The minimum Gasteiger partial charge on any atom is -0.378 e. The molecule has 4 atom stereocenters. The molecule has 0 saturated heterocycles. The number of rotatable bonds is 10. The molecule has 4 unspecified atom stereocenters. The quantitative estimate of drug-likeness (QED) is 0.551. The van der Waals surface area contributed by atoms with E-state index < -0.39 is 0 Å². The van der Waals surface area contributed by atoms with Gasteiger partial charge in [0.25, 0.3) is 0 Å². The molecule has 0 N–H and O–H groups in total. The lowest BCUT2D eigenvalue weighted by molar-refractivity contribution is -0.170. The van der Waals surface area contributed by atoms with Gasteiger partial charge in [-0.1, -0.05) is 27.7 Å². The van der Waals surface area contributed by atoms with Gasteiger partial charge in [-0.15, -0.1) is 0 Å². The predicted molar refractivity (Wildman–Crippen MR) is 112 cm³/mol. The van der Waals surface area contributed by atoms with Crippen LogP contribution in [-0.4, -0.2) is 86.4 Å². The van der Waals surface area contributed by atoms with Gasteiger partial charge in [-0.3, -0.25) is 9.59 Å². The van der Waals surface area contributed by atoms with Crippen molar-refractivity contribution in [3.63, 3.8) is 0 Å². The fourth-order valence-corrected chi connectivity index (χ4v) is 4.79. The molecule has 0 aromatic carbocycles. The molecule has 7 nitrogen and oxygen atoms in total. The third-order valence-corrected chi connectivity index (χ3v) is 7.16. The maximum atomic E-state index is 12.5. The van der Waals surface area contributed by atoms with Crippen molar-refractivity contribution in [3.05, 3.63) is 0 Å². The summed E-state index contributed by atoms with van der Waals surface area (Å²) < 4.78 is 17.0. The third-order valence-electron chi connectivity index (χ3n) is 7.16. The lowest BCUT2D eigenvalue weighted by Crippen LogP contribution is -2.63. The van der Waals surface area contributed by atoms with Crippen molar-refractivity contribution >= 4 is 11.8 Å². The first-order valence-corrected chi connectivity index (χ1v) is 10.8. The van der Waals surface area contributed by atoms with Gasteiger partial charge in [-0.2, -0.15) is 0 Å². The van der Waals surface area contributed by atoms with Crippen LogP contribution in [-0.2, 0) is 23.8 Å². The molecule has 168 valence electrons. The normalized spacial score (nSPS) is 29.5. The molecule has 0 heterocycles. The van der Waals surface area contributed by atoms with E-state index in [0.29, 0.717) is 13.2 Å². The van der Waals surface area contributed by atoms with Crippen molar-refractivity contribution in [1.82, 2.24) is 9.80 Å². The topological polar surface area (TPSA) is 68.3 Å². The van der Waals surface area contributed by atoms with Crippen LogP contribution in [0.2, 0.25) is 0 Å². The SMILES string of the molecule is CCOC1CC(N(C)C(=O)COCC(=O)N(C)C2CC(OCC)C2(C)C)C1(C)C. The van der Waals surface area contributed by atoms with E-state index in [1.807, 2.05) is 13.8 Å². The van der Waals surface area contributed by atoms with Crippen LogP contribution < -0.4 is 0 Å². The van der Waals surface area contributed by atoms with Crippen LogP contribution in [0.3, 0.4) is 0 Å². The smallest absolute Gasteiger partial charge is 0.248 e. The first-order valence-electron chi connectivity index (χ1n) is 10.8. The summed E-state index contributed by atoms with van der Waals surface area (Å²) in [5, 5.41) is 0. The zero-order valence-electron chi connectivity index (χ0n) is 19.5. The Bertz CT molecular complexity index is 542. The number of carbonyl (C=O) groups is 2. The Morgan fingerprint density at radius 3 is 1.41 bits per heavy atom. The monoisotopic (exact) mass is 412 g/mol. The molecule has 29 heavy (non-hydrogen) atoms. The predicted octanol–water partition coefficient (Wildman–Crippen LogP) is 2.33. The summed E-state index contributed by atoms with van der Waals surface area (Å²) in [5.74, 6) is -0.206. The van der Waals surface area contributed by atoms with Crippen LogP contribution >= 0.6 is 0 Å². The summed E-state index contributed by atoms with van der Waals surface area (Å²) in [6.45, 7) is 13.7. The number of hydrogen-bond acceptors (Lipinski definition) is 5. The Labute approximate surface area is 176 Å². The van der Waals surface area contributed by atoms with Gasteiger partial charge in [-0.25, -0.2) is 0 Å². The Hall–Kier alpha value is -1.18. The highest BCUT2D eigenvalue weighted by Gasteiger charge is 2.52. The molecule has 2 saturated carbocycles. The molecule has 0 radical (unpaired) electrons. The zero-order chi connectivity index (χ0) is 22.0. The molecule has 0 spiro atoms. The molecular formula is C22H40N2O5. The molecule has 0 aromatic rings. The van der Waals surface area contributed by atoms with Crippen LogP contribution in [0.4, 0.5) is 0 Å². The fraction of sp³-hybridized carbons (Fsp3) is 0.909. The second-order valence-electron chi connectivity index (χ2n) is 9.54. The minimum atomic E-state index is -0.103. The number of likely N-dealkylation sites (N-methyl/N-ethyl adjacent to an activating group) is 2. The van der Waals surface area contributed by atoms with E-state index in [1.54, 1.807) is 23.9 Å². The Kier molecular flexibility index (Phi) is 7.74. The largest absolute Gasteiger partial charge is 0.378 e. The van der Waals surface area contributed by atoms with Crippen LogP contribution in [0.1, 0.15) is 54.4 Å². The fourth-order valence-electron chi connectivity index (χ4n) is 4.79. The summed E-state index contributed by atoms with van der Waals surface area (Å²) in [6, 6.07) is 0.250. The Balaban J connectivity index is 1.75. The van der Waals surface area contributed by atoms with Crippen LogP contribution in [0.15, 0.2) is 0 Å². The highest BCUT2D eigenvalue weighted by atomic mass is 16.5. The minimum absolute atomic E-state index is 0.0800. The van der Waals surface area contributed by atoms with E-state index in [2.05, 4.69) is 27.7 Å². The lowest BCUT2D eigenvalue weighted by Gasteiger charge is -2.55. The van der Waals surface area contributed by atoms with E-state index in [0.717, 1.165) is 12.8 Å². The number of carbonyl (C=O) groups excluding carboxylic acids is 2. The first kappa shape index (κ1) is 24.1. The zero-order valence-corrected chi connectivity index (χ0v) is 19.5. The number of ether oxygens (including phenoxy) is 3.